The van der Waals surface area contributed by atoms with Crippen molar-refractivity contribution in [2.45, 2.75) is 12.5 Å². The van der Waals surface area contributed by atoms with E-state index in [-0.39, 0.29) is 23.3 Å². The van der Waals surface area contributed by atoms with Crippen LogP contribution in [0.5, 0.6) is 5.75 Å². The summed E-state index contributed by atoms with van der Waals surface area (Å²) >= 11 is 1.81. The van der Waals surface area contributed by atoms with Crippen molar-refractivity contribution in [3.8, 4) is 5.75 Å². The molecule has 0 radical (unpaired) electrons. The molecule has 21 heavy (non-hydrogen) atoms. The van der Waals surface area contributed by atoms with Crippen molar-refractivity contribution in [1.82, 2.24) is 4.90 Å². The summed E-state index contributed by atoms with van der Waals surface area (Å²) in [6.45, 7) is 0. The number of amides is 2. The number of nitrogens with one attached hydrogen (secondary N) is 1. The predicted octanol–water partition coefficient (Wildman–Crippen LogP) is 2.36. The van der Waals surface area contributed by atoms with E-state index in [2.05, 4.69) is 5.32 Å². The molecule has 0 spiro atoms. The zero-order chi connectivity index (χ0) is 15.4. The second kappa shape index (κ2) is 6.71. The number of thioether (sulfide) groups is 1. The van der Waals surface area contributed by atoms with E-state index in [1.165, 1.54) is 19.2 Å². The van der Waals surface area contributed by atoms with Crippen molar-refractivity contribution in [3.05, 3.63) is 23.8 Å². The minimum absolute atomic E-state index is 0.0110. The number of ether oxygens (including phenoxy) is 1. The molecule has 1 atom stereocenters. The van der Waals surface area contributed by atoms with E-state index in [0.29, 0.717) is 5.75 Å². The maximum absolute atomic E-state index is 12.2. The van der Waals surface area contributed by atoms with E-state index < -0.39 is 5.97 Å². The average Bonchev–Trinajstić information content (AvgIpc) is 3.00. The molecular weight excluding hydrogens is 292 g/mol. The molecule has 114 valence electrons. The molecule has 2 rings (SSSR count). The number of aromatic carboxylic acids is 1. The Kier molecular flexibility index (Phi) is 4.95. The highest BCUT2D eigenvalue weighted by atomic mass is 32.2. The number of hydrogen-bond acceptors (Lipinski definition) is 4. The van der Waals surface area contributed by atoms with Crippen LogP contribution in [0.2, 0.25) is 0 Å². The minimum atomic E-state index is -1.11. The Morgan fingerprint density at radius 1 is 1.48 bits per heavy atom. The average molecular weight is 310 g/mol. The van der Waals surface area contributed by atoms with Crippen LogP contribution in [0, 0.1) is 0 Å². The summed E-state index contributed by atoms with van der Waals surface area (Å²) in [5, 5.41) is 11.9. The number of urea groups is 1. The summed E-state index contributed by atoms with van der Waals surface area (Å²) in [6.07, 6.45) is 0.961. The van der Waals surface area contributed by atoms with Crippen LogP contribution >= 0.6 is 11.8 Å². The van der Waals surface area contributed by atoms with Crippen LogP contribution in [0.25, 0.3) is 0 Å². The Balaban J connectivity index is 2.14. The number of rotatable bonds is 4. The third kappa shape index (κ3) is 3.60. The van der Waals surface area contributed by atoms with Gasteiger partial charge in [-0.2, -0.15) is 11.8 Å². The molecule has 2 amide bonds. The smallest absolute Gasteiger partial charge is 0.337 e. The van der Waals surface area contributed by atoms with Crippen LogP contribution in [-0.2, 0) is 0 Å². The van der Waals surface area contributed by atoms with E-state index >= 15 is 0 Å². The Labute approximate surface area is 127 Å². The predicted molar refractivity (Wildman–Crippen MR) is 82.5 cm³/mol. The van der Waals surface area contributed by atoms with Crippen LogP contribution in [0.3, 0.4) is 0 Å². The number of carbonyl (C=O) groups excluding carboxylic acids is 1. The lowest BCUT2D eigenvalue weighted by Gasteiger charge is -2.24. The third-order valence-electron chi connectivity index (χ3n) is 3.47. The zero-order valence-electron chi connectivity index (χ0n) is 12.0. The molecule has 1 heterocycles. The number of benzene rings is 1. The quantitative estimate of drug-likeness (QED) is 0.892. The maximum Gasteiger partial charge on any atom is 0.337 e. The molecule has 1 fully saturated rings. The van der Waals surface area contributed by atoms with Gasteiger partial charge in [-0.1, -0.05) is 0 Å². The summed E-state index contributed by atoms with van der Waals surface area (Å²) in [7, 11) is 3.20. The molecule has 1 aliphatic heterocycles. The Morgan fingerprint density at radius 3 is 2.81 bits per heavy atom. The fourth-order valence-electron chi connectivity index (χ4n) is 2.13. The van der Waals surface area contributed by atoms with Gasteiger partial charge in [0.05, 0.1) is 18.4 Å². The summed E-state index contributed by atoms with van der Waals surface area (Å²) in [4.78, 5) is 25.1. The van der Waals surface area contributed by atoms with Crippen LogP contribution in [-0.4, -0.2) is 53.7 Å². The molecular formula is C14H18N2O4S. The van der Waals surface area contributed by atoms with Gasteiger partial charge in [0.25, 0.3) is 0 Å². The summed E-state index contributed by atoms with van der Waals surface area (Å²) < 4.78 is 5.00. The molecule has 0 saturated carbocycles. The van der Waals surface area contributed by atoms with E-state index in [1.54, 1.807) is 18.0 Å². The summed E-state index contributed by atoms with van der Waals surface area (Å²) in [6, 6.07) is 4.45. The van der Waals surface area contributed by atoms with Gasteiger partial charge in [0.15, 0.2) is 0 Å². The topological polar surface area (TPSA) is 78.9 Å². The van der Waals surface area contributed by atoms with Gasteiger partial charge in [0, 0.05) is 18.8 Å². The largest absolute Gasteiger partial charge is 0.497 e. The van der Waals surface area contributed by atoms with Crippen molar-refractivity contribution in [2.24, 2.45) is 0 Å². The highest BCUT2D eigenvalue weighted by Gasteiger charge is 2.24. The third-order valence-corrected chi connectivity index (χ3v) is 4.62. The van der Waals surface area contributed by atoms with Gasteiger partial charge >= 0.3 is 12.0 Å². The zero-order valence-corrected chi connectivity index (χ0v) is 12.8. The first-order valence-electron chi connectivity index (χ1n) is 6.56. The summed E-state index contributed by atoms with van der Waals surface area (Å²) in [5.41, 5.74) is 0.280. The van der Waals surface area contributed by atoms with E-state index in [9.17, 15) is 14.7 Å². The highest BCUT2D eigenvalue weighted by molar-refractivity contribution is 7.99. The lowest BCUT2D eigenvalue weighted by Crippen LogP contribution is -2.40. The number of carboxylic acids is 1. The lowest BCUT2D eigenvalue weighted by molar-refractivity contribution is 0.0697. The van der Waals surface area contributed by atoms with Crippen LogP contribution in [0.1, 0.15) is 16.8 Å². The second-order valence-corrected chi connectivity index (χ2v) is 5.92. The monoisotopic (exact) mass is 310 g/mol. The molecule has 1 aliphatic rings. The van der Waals surface area contributed by atoms with Crippen molar-refractivity contribution >= 4 is 29.4 Å². The molecule has 0 bridgehead atoms. The van der Waals surface area contributed by atoms with Gasteiger partial charge in [-0.3, -0.25) is 0 Å². The van der Waals surface area contributed by atoms with Gasteiger partial charge in [0.2, 0.25) is 0 Å². The van der Waals surface area contributed by atoms with E-state index in [0.717, 1.165) is 17.9 Å². The van der Waals surface area contributed by atoms with Gasteiger partial charge in [-0.15, -0.1) is 0 Å². The van der Waals surface area contributed by atoms with Crippen LogP contribution in [0.4, 0.5) is 10.5 Å². The van der Waals surface area contributed by atoms with Gasteiger partial charge in [-0.25, -0.2) is 9.59 Å². The van der Waals surface area contributed by atoms with Crippen LogP contribution < -0.4 is 10.1 Å². The van der Waals surface area contributed by atoms with Gasteiger partial charge in [0.1, 0.15) is 5.75 Å². The minimum Gasteiger partial charge on any atom is -0.497 e. The van der Waals surface area contributed by atoms with Crippen molar-refractivity contribution in [3.63, 3.8) is 0 Å². The number of anilines is 1. The number of carboxylic acid groups (broad SMARTS) is 1. The standard InChI is InChI=1S/C14H18N2O4S/c1-16(9-5-6-21-8-9)14(19)15-12-4-3-10(20-2)7-11(12)13(17)18/h3-4,7,9H,5-6,8H2,1-2H3,(H,15,19)(H,17,18). The van der Waals surface area contributed by atoms with Crippen molar-refractivity contribution in [1.29, 1.82) is 0 Å². The SMILES string of the molecule is COc1ccc(NC(=O)N(C)C2CCSC2)c(C(=O)O)c1. The molecule has 6 nitrogen and oxygen atoms in total. The normalized spacial score (nSPS) is 17.3. The van der Waals surface area contributed by atoms with E-state index in [4.69, 9.17) is 4.74 Å². The second-order valence-electron chi connectivity index (χ2n) is 4.78. The Bertz CT molecular complexity index is 544. The fraction of sp³-hybridized carbons (Fsp3) is 0.429. The first-order chi connectivity index (χ1) is 10.0. The molecule has 2 N–H and O–H groups in total. The van der Waals surface area contributed by atoms with Crippen molar-refractivity contribution < 1.29 is 19.4 Å². The Hall–Kier alpha value is -1.89. The highest BCUT2D eigenvalue weighted by Crippen LogP contribution is 2.24. The first kappa shape index (κ1) is 15.5. The number of methoxy groups -OCH3 is 1. The number of nitrogens with zero attached hydrogens (tertiary/aromatic N) is 1. The Morgan fingerprint density at radius 2 is 2.24 bits per heavy atom. The molecule has 7 heteroatoms. The van der Waals surface area contributed by atoms with E-state index in [1.807, 2.05) is 11.8 Å². The maximum atomic E-state index is 12.2. The molecule has 0 aromatic heterocycles. The fourth-order valence-corrected chi connectivity index (χ4v) is 3.40. The molecule has 1 aromatic carbocycles. The molecule has 1 aromatic rings. The summed E-state index contributed by atoms with van der Waals surface area (Å²) in [5.74, 6) is 1.29. The number of hydrogen-bond donors (Lipinski definition) is 2. The van der Waals surface area contributed by atoms with Crippen molar-refractivity contribution in [2.75, 3.05) is 31.0 Å². The molecule has 1 saturated heterocycles. The van der Waals surface area contributed by atoms with Gasteiger partial charge in [-0.05, 0) is 30.4 Å². The first-order valence-corrected chi connectivity index (χ1v) is 7.71. The van der Waals surface area contributed by atoms with Crippen LogP contribution in [0.15, 0.2) is 18.2 Å². The molecule has 1 unspecified atom stereocenters. The number of carbonyl (C=O) groups is 2. The van der Waals surface area contributed by atoms with Gasteiger partial charge < -0.3 is 20.1 Å². The lowest BCUT2D eigenvalue weighted by atomic mass is 10.1. The molecule has 0 aliphatic carbocycles.